The number of ether oxygens (including phenoxy) is 2. The van der Waals surface area contributed by atoms with E-state index in [1.165, 1.54) is 31.5 Å². The molecule has 3 rings (SSSR count). The molecule has 0 atom stereocenters. The van der Waals surface area contributed by atoms with Crippen LogP contribution in [0.4, 0.5) is 10.1 Å². The third-order valence-electron chi connectivity index (χ3n) is 4.21. The Labute approximate surface area is 186 Å². The van der Waals surface area contributed by atoms with Crippen molar-refractivity contribution in [1.82, 2.24) is 0 Å². The Morgan fingerprint density at radius 2 is 1.94 bits per heavy atom. The number of rotatable bonds is 9. The minimum absolute atomic E-state index is 0.00952. The summed E-state index contributed by atoms with van der Waals surface area (Å²) in [5.74, 6) is 0.522. The van der Waals surface area contributed by atoms with Gasteiger partial charge < -0.3 is 14.3 Å². The van der Waals surface area contributed by atoms with Gasteiger partial charge in [0.2, 0.25) is 0 Å². The molecule has 9 heteroatoms. The SMILES string of the molecule is COc1cc(/C=N\OCc2cccc([N+](=O)[O-])c2)cc(Br)c1OCc1ccccc1F. The van der Waals surface area contributed by atoms with Gasteiger partial charge in [-0.1, -0.05) is 35.5 Å². The van der Waals surface area contributed by atoms with Gasteiger partial charge >= 0.3 is 0 Å². The smallest absolute Gasteiger partial charge is 0.269 e. The van der Waals surface area contributed by atoms with E-state index in [1.54, 1.807) is 42.5 Å². The summed E-state index contributed by atoms with van der Waals surface area (Å²) in [6, 6.07) is 16.0. The first-order chi connectivity index (χ1) is 15.0. The molecule has 0 aliphatic rings. The van der Waals surface area contributed by atoms with Crippen LogP contribution < -0.4 is 9.47 Å². The molecule has 0 heterocycles. The third kappa shape index (κ3) is 6.02. The van der Waals surface area contributed by atoms with Crippen LogP contribution in [0.1, 0.15) is 16.7 Å². The van der Waals surface area contributed by atoms with E-state index in [2.05, 4.69) is 21.1 Å². The summed E-state index contributed by atoms with van der Waals surface area (Å²) < 4.78 is 25.5. The zero-order chi connectivity index (χ0) is 22.2. The first-order valence-electron chi connectivity index (χ1n) is 9.10. The number of benzene rings is 3. The van der Waals surface area contributed by atoms with Crippen LogP contribution in [0, 0.1) is 15.9 Å². The third-order valence-corrected chi connectivity index (χ3v) is 4.80. The van der Waals surface area contributed by atoms with E-state index in [1.807, 2.05) is 0 Å². The fourth-order valence-electron chi connectivity index (χ4n) is 2.69. The van der Waals surface area contributed by atoms with Gasteiger partial charge in [-0.2, -0.15) is 0 Å². The number of nitro benzene ring substituents is 1. The van der Waals surface area contributed by atoms with Gasteiger partial charge in [0.1, 0.15) is 19.0 Å². The standard InChI is InChI=1S/C22H18BrFN2O5/c1-29-21-11-16(12-25-31-13-15-5-4-7-18(9-15)26(27)28)10-19(23)22(21)30-14-17-6-2-3-8-20(17)24/h2-12H,13-14H2,1H3/b25-12-. The lowest BCUT2D eigenvalue weighted by molar-refractivity contribution is -0.384. The van der Waals surface area contributed by atoms with Gasteiger partial charge in [-0.3, -0.25) is 10.1 Å². The number of non-ortho nitro benzene ring substituents is 1. The normalized spacial score (nSPS) is 10.8. The predicted octanol–water partition coefficient (Wildman–Crippen LogP) is 5.63. The van der Waals surface area contributed by atoms with E-state index in [-0.39, 0.29) is 24.7 Å². The fraction of sp³-hybridized carbons (Fsp3) is 0.136. The van der Waals surface area contributed by atoms with Crippen LogP contribution in [0.15, 0.2) is 70.3 Å². The molecule has 0 N–H and O–H groups in total. The van der Waals surface area contributed by atoms with Crippen molar-refractivity contribution in [2.24, 2.45) is 5.16 Å². The van der Waals surface area contributed by atoms with Crippen molar-refractivity contribution in [2.45, 2.75) is 13.2 Å². The van der Waals surface area contributed by atoms with Crippen LogP contribution in [0.2, 0.25) is 0 Å². The highest BCUT2D eigenvalue weighted by Gasteiger charge is 2.13. The van der Waals surface area contributed by atoms with Crippen molar-refractivity contribution in [1.29, 1.82) is 0 Å². The minimum atomic E-state index is -0.466. The van der Waals surface area contributed by atoms with Gasteiger partial charge in [-0.25, -0.2) is 4.39 Å². The van der Waals surface area contributed by atoms with Crippen molar-refractivity contribution in [3.63, 3.8) is 0 Å². The second-order valence-electron chi connectivity index (χ2n) is 6.35. The molecule has 7 nitrogen and oxygen atoms in total. The molecule has 0 amide bonds. The second kappa shape index (κ2) is 10.5. The molecule has 160 valence electrons. The van der Waals surface area contributed by atoms with Crippen LogP contribution in [-0.2, 0) is 18.1 Å². The highest BCUT2D eigenvalue weighted by molar-refractivity contribution is 9.10. The molecular weight excluding hydrogens is 471 g/mol. The van der Waals surface area contributed by atoms with Crippen LogP contribution in [0.25, 0.3) is 0 Å². The molecule has 3 aromatic carbocycles. The maximum atomic E-state index is 13.8. The molecular formula is C22H18BrFN2O5. The molecule has 0 aliphatic carbocycles. The monoisotopic (exact) mass is 488 g/mol. The Balaban J connectivity index is 1.65. The van der Waals surface area contributed by atoms with Crippen LogP contribution >= 0.6 is 15.9 Å². The topological polar surface area (TPSA) is 83.2 Å². The van der Waals surface area contributed by atoms with Gasteiger partial charge in [-0.15, -0.1) is 0 Å². The number of methoxy groups -OCH3 is 1. The molecule has 0 radical (unpaired) electrons. The molecule has 0 aliphatic heterocycles. The van der Waals surface area contributed by atoms with Gasteiger partial charge in [0.15, 0.2) is 11.5 Å². The molecule has 0 saturated carbocycles. The number of hydrogen-bond donors (Lipinski definition) is 0. The Morgan fingerprint density at radius 3 is 2.68 bits per heavy atom. The quantitative estimate of drug-likeness (QED) is 0.221. The van der Waals surface area contributed by atoms with Crippen LogP contribution in [-0.4, -0.2) is 18.2 Å². The number of nitro groups is 1. The average Bonchev–Trinajstić information content (AvgIpc) is 2.77. The highest BCUT2D eigenvalue weighted by atomic mass is 79.9. The van der Waals surface area contributed by atoms with E-state index < -0.39 is 4.92 Å². The lowest BCUT2D eigenvalue weighted by atomic mass is 10.2. The van der Waals surface area contributed by atoms with Crippen molar-refractivity contribution in [2.75, 3.05) is 7.11 Å². The summed E-state index contributed by atoms with van der Waals surface area (Å²) in [7, 11) is 1.50. The van der Waals surface area contributed by atoms with Crippen molar-refractivity contribution in [3.8, 4) is 11.5 Å². The molecule has 0 spiro atoms. The van der Waals surface area contributed by atoms with E-state index >= 15 is 0 Å². The zero-order valence-corrected chi connectivity index (χ0v) is 18.0. The van der Waals surface area contributed by atoms with Crippen LogP contribution in [0.5, 0.6) is 11.5 Å². The lowest BCUT2D eigenvalue weighted by Gasteiger charge is -2.13. The summed E-state index contributed by atoms with van der Waals surface area (Å²) in [6.07, 6.45) is 1.48. The summed E-state index contributed by atoms with van der Waals surface area (Å²) in [6.45, 7) is 0.127. The van der Waals surface area contributed by atoms with Crippen LogP contribution in [0.3, 0.4) is 0 Å². The molecule has 31 heavy (non-hydrogen) atoms. The summed E-state index contributed by atoms with van der Waals surface area (Å²) in [5.41, 5.74) is 1.71. The molecule has 0 saturated heterocycles. The van der Waals surface area contributed by atoms with E-state index in [9.17, 15) is 14.5 Å². The summed E-state index contributed by atoms with van der Waals surface area (Å²) in [5, 5.41) is 14.7. The first kappa shape index (κ1) is 22.2. The van der Waals surface area contributed by atoms with Gasteiger partial charge in [0, 0.05) is 23.3 Å². The average molecular weight is 489 g/mol. The summed E-state index contributed by atoms with van der Waals surface area (Å²) >= 11 is 3.43. The Hall–Kier alpha value is -3.46. The summed E-state index contributed by atoms with van der Waals surface area (Å²) in [4.78, 5) is 15.6. The lowest BCUT2D eigenvalue weighted by Crippen LogP contribution is -2.01. The first-order valence-corrected chi connectivity index (χ1v) is 9.89. The number of oxime groups is 1. The maximum absolute atomic E-state index is 13.8. The number of halogens is 2. The highest BCUT2D eigenvalue weighted by Crippen LogP contribution is 2.37. The zero-order valence-electron chi connectivity index (χ0n) is 16.5. The maximum Gasteiger partial charge on any atom is 0.269 e. The van der Waals surface area contributed by atoms with E-state index in [0.29, 0.717) is 32.7 Å². The fourth-order valence-corrected chi connectivity index (χ4v) is 3.26. The Morgan fingerprint density at radius 1 is 1.13 bits per heavy atom. The molecule has 0 fully saturated rings. The van der Waals surface area contributed by atoms with E-state index in [4.69, 9.17) is 14.3 Å². The van der Waals surface area contributed by atoms with Gasteiger partial charge in [-0.05, 0) is 39.7 Å². The Kier molecular flexibility index (Phi) is 7.55. The minimum Gasteiger partial charge on any atom is -0.493 e. The van der Waals surface area contributed by atoms with E-state index in [0.717, 1.165) is 0 Å². The Bertz CT molecular complexity index is 1110. The molecule has 0 unspecified atom stereocenters. The largest absolute Gasteiger partial charge is 0.493 e. The van der Waals surface area contributed by atoms with Gasteiger partial charge in [0.25, 0.3) is 5.69 Å². The molecule has 0 bridgehead atoms. The van der Waals surface area contributed by atoms with Crippen molar-refractivity contribution < 1.29 is 23.6 Å². The van der Waals surface area contributed by atoms with Gasteiger partial charge in [0.05, 0.1) is 22.7 Å². The van der Waals surface area contributed by atoms with Crippen molar-refractivity contribution >= 4 is 27.8 Å². The molecule has 3 aromatic rings. The predicted molar refractivity (Wildman–Crippen MR) is 117 cm³/mol. The number of nitrogens with zero attached hydrogens (tertiary/aromatic N) is 2. The number of hydrogen-bond acceptors (Lipinski definition) is 6. The molecule has 0 aromatic heterocycles. The van der Waals surface area contributed by atoms with Crippen molar-refractivity contribution in [3.05, 3.63) is 97.8 Å². The second-order valence-corrected chi connectivity index (χ2v) is 7.20.